The van der Waals surface area contributed by atoms with Gasteiger partial charge in [0.15, 0.2) is 0 Å². The Kier molecular flexibility index (Phi) is 3.59. The van der Waals surface area contributed by atoms with E-state index in [0.717, 1.165) is 11.4 Å². The standard InChI is InChI=1S/C13H15ClN2O2/c1-8-10(14)7-16(15-8)11-5-4-6-12(18-3)13(11)9(2)17/h4-7,9,17H,1-3H3/t9-/m1/s1. The summed E-state index contributed by atoms with van der Waals surface area (Å²) >= 11 is 6.01. The minimum absolute atomic E-state index is 0.592. The highest BCUT2D eigenvalue weighted by Gasteiger charge is 2.16. The second kappa shape index (κ2) is 5.00. The van der Waals surface area contributed by atoms with E-state index in [-0.39, 0.29) is 0 Å². The minimum Gasteiger partial charge on any atom is -0.496 e. The summed E-state index contributed by atoms with van der Waals surface area (Å²) in [6.07, 6.45) is 1.07. The molecule has 0 radical (unpaired) electrons. The van der Waals surface area contributed by atoms with Crippen LogP contribution >= 0.6 is 11.6 Å². The number of hydrogen-bond donors (Lipinski definition) is 1. The number of benzene rings is 1. The SMILES string of the molecule is COc1cccc(-n2cc(Cl)c(C)n2)c1[C@@H](C)O. The van der Waals surface area contributed by atoms with E-state index in [2.05, 4.69) is 5.10 Å². The molecule has 0 amide bonds. The summed E-state index contributed by atoms with van der Waals surface area (Å²) in [6, 6.07) is 5.53. The topological polar surface area (TPSA) is 47.3 Å². The van der Waals surface area contributed by atoms with Crippen molar-refractivity contribution in [3.8, 4) is 11.4 Å². The van der Waals surface area contributed by atoms with Crippen molar-refractivity contribution in [2.45, 2.75) is 20.0 Å². The van der Waals surface area contributed by atoms with Gasteiger partial charge in [0.1, 0.15) is 5.75 Å². The highest BCUT2D eigenvalue weighted by Crippen LogP contribution is 2.31. The second-order valence-electron chi connectivity index (χ2n) is 4.08. The summed E-state index contributed by atoms with van der Waals surface area (Å²) in [5, 5.41) is 14.8. The van der Waals surface area contributed by atoms with Crippen LogP contribution in [0, 0.1) is 6.92 Å². The maximum atomic E-state index is 9.90. The van der Waals surface area contributed by atoms with Gasteiger partial charge in [-0.05, 0) is 26.0 Å². The minimum atomic E-state index is -0.653. The maximum absolute atomic E-state index is 9.90. The van der Waals surface area contributed by atoms with E-state index in [4.69, 9.17) is 16.3 Å². The number of ether oxygens (including phenoxy) is 1. The molecule has 18 heavy (non-hydrogen) atoms. The number of nitrogens with zero attached hydrogens (tertiary/aromatic N) is 2. The molecule has 1 aromatic carbocycles. The molecule has 0 aliphatic carbocycles. The van der Waals surface area contributed by atoms with Crippen molar-refractivity contribution in [3.05, 3.63) is 40.7 Å². The summed E-state index contributed by atoms with van der Waals surface area (Å²) < 4.78 is 6.93. The number of aliphatic hydroxyl groups excluding tert-OH is 1. The molecular weight excluding hydrogens is 252 g/mol. The Morgan fingerprint density at radius 2 is 2.17 bits per heavy atom. The molecule has 1 atom stereocenters. The lowest BCUT2D eigenvalue weighted by Crippen LogP contribution is -2.05. The molecule has 2 rings (SSSR count). The van der Waals surface area contributed by atoms with Gasteiger partial charge in [0.2, 0.25) is 0 Å². The number of rotatable bonds is 3. The number of halogens is 1. The Hall–Kier alpha value is -1.52. The molecule has 0 aliphatic heterocycles. The number of aryl methyl sites for hydroxylation is 1. The molecule has 0 saturated heterocycles. The van der Waals surface area contributed by atoms with Gasteiger partial charge in [-0.1, -0.05) is 17.7 Å². The van der Waals surface area contributed by atoms with Crippen molar-refractivity contribution >= 4 is 11.6 Å². The summed E-state index contributed by atoms with van der Waals surface area (Å²) in [7, 11) is 1.58. The molecular formula is C13H15ClN2O2. The van der Waals surface area contributed by atoms with Crippen LogP contribution in [-0.4, -0.2) is 22.0 Å². The Labute approximate surface area is 111 Å². The average Bonchev–Trinajstić information content (AvgIpc) is 2.68. The number of aromatic nitrogens is 2. The van der Waals surface area contributed by atoms with Gasteiger partial charge in [0, 0.05) is 11.8 Å². The van der Waals surface area contributed by atoms with Crippen molar-refractivity contribution in [1.29, 1.82) is 0 Å². The van der Waals surface area contributed by atoms with Gasteiger partial charge < -0.3 is 9.84 Å². The smallest absolute Gasteiger partial charge is 0.126 e. The summed E-state index contributed by atoms with van der Waals surface area (Å²) in [5.74, 6) is 0.631. The second-order valence-corrected chi connectivity index (χ2v) is 4.48. The lowest BCUT2D eigenvalue weighted by atomic mass is 10.1. The van der Waals surface area contributed by atoms with Gasteiger partial charge in [-0.2, -0.15) is 5.10 Å². The van der Waals surface area contributed by atoms with Gasteiger partial charge in [-0.25, -0.2) is 4.68 Å². The first-order valence-corrected chi connectivity index (χ1v) is 5.99. The molecule has 2 aromatic rings. The highest BCUT2D eigenvalue weighted by molar-refractivity contribution is 6.31. The van der Waals surface area contributed by atoms with E-state index in [1.54, 1.807) is 24.9 Å². The fourth-order valence-corrected chi connectivity index (χ4v) is 2.02. The normalized spacial score (nSPS) is 12.5. The zero-order valence-corrected chi connectivity index (χ0v) is 11.3. The predicted molar refractivity (Wildman–Crippen MR) is 70.5 cm³/mol. The summed E-state index contributed by atoms with van der Waals surface area (Å²) in [6.45, 7) is 3.53. The molecule has 5 heteroatoms. The molecule has 0 saturated carbocycles. The zero-order chi connectivity index (χ0) is 13.3. The Morgan fingerprint density at radius 1 is 1.44 bits per heavy atom. The molecule has 1 heterocycles. The van der Waals surface area contributed by atoms with Crippen LogP contribution in [0.1, 0.15) is 24.3 Å². The van der Waals surface area contributed by atoms with Crippen LogP contribution in [-0.2, 0) is 0 Å². The number of aliphatic hydroxyl groups is 1. The quantitative estimate of drug-likeness (QED) is 0.929. The summed E-state index contributed by atoms with van der Waals surface area (Å²) in [5.41, 5.74) is 2.20. The fourth-order valence-electron chi connectivity index (χ4n) is 1.89. The molecule has 1 N–H and O–H groups in total. The average molecular weight is 267 g/mol. The van der Waals surface area contributed by atoms with E-state index in [0.29, 0.717) is 16.3 Å². The van der Waals surface area contributed by atoms with E-state index in [1.807, 2.05) is 25.1 Å². The molecule has 4 nitrogen and oxygen atoms in total. The van der Waals surface area contributed by atoms with Gasteiger partial charge in [0.25, 0.3) is 0 Å². The zero-order valence-electron chi connectivity index (χ0n) is 10.5. The van der Waals surface area contributed by atoms with Crippen LogP contribution < -0.4 is 4.74 Å². The van der Waals surface area contributed by atoms with Crippen LogP contribution in [0.2, 0.25) is 5.02 Å². The molecule has 0 spiro atoms. The molecule has 0 fully saturated rings. The van der Waals surface area contributed by atoms with Gasteiger partial charge in [-0.3, -0.25) is 0 Å². The first kappa shape index (κ1) is 12.9. The molecule has 1 aromatic heterocycles. The van der Waals surface area contributed by atoms with Crippen LogP contribution in [0.5, 0.6) is 5.75 Å². The molecule has 0 bridgehead atoms. The Bertz CT molecular complexity index is 545. The van der Waals surface area contributed by atoms with Gasteiger partial charge in [-0.15, -0.1) is 0 Å². The van der Waals surface area contributed by atoms with Crippen molar-refractivity contribution in [2.75, 3.05) is 7.11 Å². The lowest BCUT2D eigenvalue weighted by molar-refractivity contribution is 0.194. The molecule has 0 unspecified atom stereocenters. The van der Waals surface area contributed by atoms with E-state index >= 15 is 0 Å². The third kappa shape index (κ3) is 2.21. The summed E-state index contributed by atoms with van der Waals surface area (Å²) in [4.78, 5) is 0. The van der Waals surface area contributed by atoms with Crippen LogP contribution in [0.3, 0.4) is 0 Å². The molecule has 0 aliphatic rings. The van der Waals surface area contributed by atoms with Crippen LogP contribution in [0.15, 0.2) is 24.4 Å². The highest BCUT2D eigenvalue weighted by atomic mass is 35.5. The van der Waals surface area contributed by atoms with Crippen LogP contribution in [0.4, 0.5) is 0 Å². The van der Waals surface area contributed by atoms with Crippen LogP contribution in [0.25, 0.3) is 5.69 Å². The third-order valence-electron chi connectivity index (χ3n) is 2.77. The largest absolute Gasteiger partial charge is 0.496 e. The predicted octanol–water partition coefficient (Wildman–Crippen LogP) is 2.90. The van der Waals surface area contributed by atoms with Crippen molar-refractivity contribution in [2.24, 2.45) is 0 Å². The van der Waals surface area contributed by atoms with Gasteiger partial charge in [0.05, 0.1) is 29.6 Å². The van der Waals surface area contributed by atoms with Crippen molar-refractivity contribution in [3.63, 3.8) is 0 Å². The monoisotopic (exact) mass is 266 g/mol. The first-order chi connectivity index (χ1) is 8.54. The van der Waals surface area contributed by atoms with E-state index in [9.17, 15) is 5.11 Å². The maximum Gasteiger partial charge on any atom is 0.126 e. The third-order valence-corrected chi connectivity index (χ3v) is 3.14. The fraction of sp³-hybridized carbons (Fsp3) is 0.308. The lowest BCUT2D eigenvalue weighted by Gasteiger charge is -2.15. The van der Waals surface area contributed by atoms with Gasteiger partial charge >= 0.3 is 0 Å². The molecule has 96 valence electrons. The number of methoxy groups -OCH3 is 1. The van der Waals surface area contributed by atoms with Crippen molar-refractivity contribution < 1.29 is 9.84 Å². The van der Waals surface area contributed by atoms with E-state index < -0.39 is 6.10 Å². The first-order valence-electron chi connectivity index (χ1n) is 5.61. The van der Waals surface area contributed by atoms with Crippen molar-refractivity contribution in [1.82, 2.24) is 9.78 Å². The van der Waals surface area contributed by atoms with E-state index in [1.165, 1.54) is 0 Å². The Morgan fingerprint density at radius 3 is 2.67 bits per heavy atom. The number of hydrogen-bond acceptors (Lipinski definition) is 3. The Balaban J connectivity index is 2.63.